The molecule has 198 valence electrons. The summed E-state index contributed by atoms with van der Waals surface area (Å²) in [5.41, 5.74) is 1.48. The minimum atomic E-state index is -4.32. The largest absolute Gasteiger partial charge is 0.389 e. The van der Waals surface area contributed by atoms with Crippen LogP contribution in [0.15, 0.2) is 63.9 Å². The van der Waals surface area contributed by atoms with Crippen molar-refractivity contribution in [2.45, 2.75) is 45.5 Å². The van der Waals surface area contributed by atoms with Crippen molar-refractivity contribution in [3.8, 4) is 11.3 Å². The van der Waals surface area contributed by atoms with Crippen LogP contribution in [0.3, 0.4) is 0 Å². The van der Waals surface area contributed by atoms with Gasteiger partial charge in [-0.1, -0.05) is 41.0 Å². The first-order chi connectivity index (χ1) is 18.1. The number of amides is 1. The van der Waals surface area contributed by atoms with Crippen LogP contribution in [0.4, 0.5) is 13.2 Å². The first-order valence-electron chi connectivity index (χ1n) is 11.7. The average Bonchev–Trinajstić information content (AvgIpc) is 3.29. The molecule has 4 rings (SSSR count). The number of alkyl halides is 3. The molecule has 0 unspecified atom stereocenters. The second kappa shape index (κ2) is 11.6. The highest BCUT2D eigenvalue weighted by Crippen LogP contribution is 2.24. The van der Waals surface area contributed by atoms with Gasteiger partial charge in [0.25, 0.3) is 11.5 Å². The highest BCUT2D eigenvalue weighted by Gasteiger charge is 2.26. The fraction of sp³-hybridized carbons (Fsp3) is 0.269. The molecule has 8 nitrogen and oxygen atoms in total. The molecule has 0 aliphatic heterocycles. The molecule has 0 saturated carbocycles. The van der Waals surface area contributed by atoms with Gasteiger partial charge in [0.1, 0.15) is 5.82 Å². The predicted molar refractivity (Wildman–Crippen MR) is 134 cm³/mol. The van der Waals surface area contributed by atoms with E-state index in [9.17, 15) is 22.8 Å². The summed E-state index contributed by atoms with van der Waals surface area (Å²) in [6.45, 7) is 1.73. The van der Waals surface area contributed by atoms with Gasteiger partial charge in [-0.25, -0.2) is 4.98 Å². The van der Waals surface area contributed by atoms with Gasteiger partial charge in [-0.3, -0.25) is 14.2 Å². The van der Waals surface area contributed by atoms with Gasteiger partial charge in [-0.05, 0) is 36.2 Å². The zero-order valence-corrected chi connectivity index (χ0v) is 21.0. The van der Waals surface area contributed by atoms with Crippen molar-refractivity contribution in [2.24, 2.45) is 0 Å². The Balaban J connectivity index is 1.58. The third-order valence-corrected chi connectivity index (χ3v) is 5.85. The second-order valence-electron chi connectivity index (χ2n) is 8.57. The van der Waals surface area contributed by atoms with Crippen LogP contribution >= 0.6 is 11.6 Å². The standard InChI is InChI=1S/C26H23ClF3N5O3/c1-16-32-22(34-38-16)14-31-25(37)19-5-2-4-17(12-19)15-35-23(6-3-11-26(28,29)30)33-21(13-24(35)36)18-7-9-20(27)10-8-18/h2,4-5,7-10,12-13H,3,6,11,14-15H2,1H3,(H,31,37). The summed E-state index contributed by atoms with van der Waals surface area (Å²) in [7, 11) is 0. The van der Waals surface area contributed by atoms with Crippen molar-refractivity contribution >= 4 is 17.5 Å². The summed E-state index contributed by atoms with van der Waals surface area (Å²) in [5, 5.41) is 6.92. The molecule has 0 fully saturated rings. The molecule has 2 heterocycles. The van der Waals surface area contributed by atoms with Crippen molar-refractivity contribution in [1.29, 1.82) is 0 Å². The molecule has 1 amide bonds. The topological polar surface area (TPSA) is 103 Å². The Labute approximate surface area is 220 Å². The van der Waals surface area contributed by atoms with Crippen LogP contribution in [0.2, 0.25) is 5.02 Å². The summed E-state index contributed by atoms with van der Waals surface area (Å²) in [6.07, 6.45) is -5.59. The lowest BCUT2D eigenvalue weighted by molar-refractivity contribution is -0.135. The minimum absolute atomic E-state index is 0.0270. The van der Waals surface area contributed by atoms with E-state index in [-0.39, 0.29) is 37.7 Å². The molecule has 2 aromatic heterocycles. The third kappa shape index (κ3) is 7.28. The molecule has 0 spiro atoms. The van der Waals surface area contributed by atoms with Gasteiger partial charge in [0.2, 0.25) is 5.89 Å². The van der Waals surface area contributed by atoms with E-state index in [1.165, 1.54) is 10.6 Å². The molecular weight excluding hydrogens is 523 g/mol. The highest BCUT2D eigenvalue weighted by atomic mass is 35.5. The Kier molecular flexibility index (Phi) is 8.26. The molecule has 0 aliphatic rings. The van der Waals surface area contributed by atoms with E-state index >= 15 is 0 Å². The van der Waals surface area contributed by atoms with Crippen LogP contribution in [-0.4, -0.2) is 31.8 Å². The predicted octanol–water partition coefficient (Wildman–Crippen LogP) is 5.12. The highest BCUT2D eigenvalue weighted by molar-refractivity contribution is 6.30. The summed E-state index contributed by atoms with van der Waals surface area (Å²) in [5.74, 6) is 0.537. The summed E-state index contributed by atoms with van der Waals surface area (Å²) >= 11 is 5.94. The zero-order valence-electron chi connectivity index (χ0n) is 20.3. The fourth-order valence-corrected chi connectivity index (χ4v) is 3.92. The second-order valence-corrected chi connectivity index (χ2v) is 9.01. The molecule has 1 N–H and O–H groups in total. The fourth-order valence-electron chi connectivity index (χ4n) is 3.80. The first kappa shape index (κ1) is 27.1. The maximum absolute atomic E-state index is 13.1. The number of carbonyl (C=O) groups is 1. The number of halogens is 4. The number of aromatic nitrogens is 4. The molecule has 38 heavy (non-hydrogen) atoms. The van der Waals surface area contributed by atoms with E-state index in [1.807, 2.05) is 0 Å². The van der Waals surface area contributed by atoms with E-state index < -0.39 is 18.2 Å². The van der Waals surface area contributed by atoms with Gasteiger partial charge in [-0.15, -0.1) is 0 Å². The Morgan fingerprint density at radius 2 is 1.87 bits per heavy atom. The van der Waals surface area contributed by atoms with Crippen LogP contribution < -0.4 is 10.9 Å². The van der Waals surface area contributed by atoms with Crippen LogP contribution in [0, 0.1) is 6.92 Å². The van der Waals surface area contributed by atoms with Crippen LogP contribution in [0.25, 0.3) is 11.3 Å². The van der Waals surface area contributed by atoms with Gasteiger partial charge < -0.3 is 9.84 Å². The van der Waals surface area contributed by atoms with Crippen LogP contribution in [0.1, 0.15) is 46.3 Å². The molecule has 0 saturated heterocycles. The van der Waals surface area contributed by atoms with Gasteiger partial charge in [0.05, 0.1) is 18.8 Å². The zero-order chi connectivity index (χ0) is 27.3. The number of rotatable bonds is 9. The molecule has 0 bridgehead atoms. The Hall–Kier alpha value is -3.99. The quantitative estimate of drug-likeness (QED) is 0.313. The summed E-state index contributed by atoms with van der Waals surface area (Å²) in [6, 6.07) is 14.6. The maximum atomic E-state index is 13.1. The number of aryl methyl sites for hydroxylation is 2. The normalized spacial score (nSPS) is 11.5. The van der Waals surface area contributed by atoms with Crippen LogP contribution in [-0.2, 0) is 19.5 Å². The molecule has 0 atom stereocenters. The van der Waals surface area contributed by atoms with Gasteiger partial charge in [0.15, 0.2) is 5.82 Å². The number of hydrogen-bond acceptors (Lipinski definition) is 6. The molecule has 0 aliphatic carbocycles. The third-order valence-electron chi connectivity index (χ3n) is 5.59. The molecule has 12 heteroatoms. The van der Waals surface area contributed by atoms with E-state index in [4.69, 9.17) is 16.1 Å². The summed E-state index contributed by atoms with van der Waals surface area (Å²) in [4.78, 5) is 34.3. The monoisotopic (exact) mass is 545 g/mol. The molecule has 0 radical (unpaired) electrons. The maximum Gasteiger partial charge on any atom is 0.389 e. The van der Waals surface area contributed by atoms with E-state index in [0.717, 1.165) is 0 Å². The van der Waals surface area contributed by atoms with Crippen molar-refractivity contribution in [1.82, 2.24) is 25.0 Å². The number of carbonyl (C=O) groups excluding carboxylic acids is 1. The molecule has 2 aromatic carbocycles. The minimum Gasteiger partial charge on any atom is -0.345 e. The Morgan fingerprint density at radius 3 is 2.55 bits per heavy atom. The number of nitrogens with zero attached hydrogens (tertiary/aromatic N) is 4. The lowest BCUT2D eigenvalue weighted by atomic mass is 10.1. The molecule has 4 aromatic rings. The van der Waals surface area contributed by atoms with Crippen molar-refractivity contribution < 1.29 is 22.5 Å². The van der Waals surface area contributed by atoms with Crippen molar-refractivity contribution in [3.05, 3.63) is 98.6 Å². The lowest BCUT2D eigenvalue weighted by Crippen LogP contribution is -2.26. The number of hydrogen-bond donors (Lipinski definition) is 1. The smallest absolute Gasteiger partial charge is 0.345 e. The van der Waals surface area contributed by atoms with Gasteiger partial charge in [-0.2, -0.15) is 18.2 Å². The van der Waals surface area contributed by atoms with E-state index in [2.05, 4.69) is 20.4 Å². The van der Waals surface area contributed by atoms with Crippen LogP contribution in [0.5, 0.6) is 0 Å². The SMILES string of the molecule is Cc1nc(CNC(=O)c2cccc(Cn3c(CCCC(F)(F)F)nc(-c4ccc(Cl)cc4)cc3=O)c2)no1. The average molecular weight is 546 g/mol. The number of benzene rings is 2. The number of nitrogens with one attached hydrogen (secondary N) is 1. The van der Waals surface area contributed by atoms with Gasteiger partial charge >= 0.3 is 6.18 Å². The van der Waals surface area contributed by atoms with Gasteiger partial charge in [0, 0.05) is 42.0 Å². The lowest BCUT2D eigenvalue weighted by Gasteiger charge is -2.15. The summed E-state index contributed by atoms with van der Waals surface area (Å²) < 4.78 is 44.6. The molecular formula is C26H23ClF3N5O3. The Bertz CT molecular complexity index is 1480. The van der Waals surface area contributed by atoms with E-state index in [0.29, 0.717) is 39.1 Å². The van der Waals surface area contributed by atoms with Crippen molar-refractivity contribution in [2.75, 3.05) is 0 Å². The Morgan fingerprint density at radius 1 is 1.11 bits per heavy atom. The van der Waals surface area contributed by atoms with Crippen molar-refractivity contribution in [3.63, 3.8) is 0 Å². The first-order valence-corrected chi connectivity index (χ1v) is 12.0. The van der Waals surface area contributed by atoms with E-state index in [1.54, 1.807) is 55.5 Å².